The lowest BCUT2D eigenvalue weighted by Gasteiger charge is -2.24. The Morgan fingerprint density at radius 1 is 1.42 bits per heavy atom. The quantitative estimate of drug-likeness (QED) is 0.663. The van der Waals surface area contributed by atoms with Crippen LogP contribution in [0.15, 0.2) is 0 Å². The van der Waals surface area contributed by atoms with Crippen molar-refractivity contribution in [2.75, 3.05) is 13.1 Å². The number of hydrogen-bond acceptors (Lipinski definition) is 3. The van der Waals surface area contributed by atoms with Gasteiger partial charge in [-0.3, -0.25) is 4.79 Å². The minimum atomic E-state index is -1.00. The topological polar surface area (TPSA) is 98.7 Å². The third kappa shape index (κ3) is 4.11. The molecule has 0 aromatic rings. The average Bonchev–Trinajstić information content (AvgIpc) is 2.84. The van der Waals surface area contributed by atoms with Crippen molar-refractivity contribution >= 4 is 17.9 Å². The van der Waals surface area contributed by atoms with Gasteiger partial charge in [0.2, 0.25) is 5.91 Å². The molecule has 0 aromatic heterocycles. The summed E-state index contributed by atoms with van der Waals surface area (Å²) in [5, 5.41) is 14.2. The molecule has 2 atom stereocenters. The van der Waals surface area contributed by atoms with Gasteiger partial charge in [0, 0.05) is 13.1 Å². The summed E-state index contributed by atoms with van der Waals surface area (Å²) < 4.78 is 0. The van der Waals surface area contributed by atoms with E-state index in [4.69, 9.17) is 5.11 Å². The number of carboxylic acid groups (broad SMARTS) is 1. The van der Waals surface area contributed by atoms with Gasteiger partial charge in [-0.25, -0.2) is 9.59 Å². The SMILES string of the molecule is CCCNC(=O)C(C)NC(=O)N1CCC[C@H]1C(=O)O. The molecule has 7 heteroatoms. The van der Waals surface area contributed by atoms with Crippen molar-refractivity contribution in [1.29, 1.82) is 0 Å². The summed E-state index contributed by atoms with van der Waals surface area (Å²) in [6.45, 7) is 4.48. The highest BCUT2D eigenvalue weighted by molar-refractivity contribution is 5.88. The number of amides is 3. The summed E-state index contributed by atoms with van der Waals surface area (Å²) in [7, 11) is 0. The van der Waals surface area contributed by atoms with Crippen LogP contribution in [0.25, 0.3) is 0 Å². The molecule has 0 saturated carbocycles. The predicted octanol–water partition coefficient (Wildman–Crippen LogP) is 0.160. The third-order valence-electron chi connectivity index (χ3n) is 3.08. The van der Waals surface area contributed by atoms with Crippen LogP contribution in [0.1, 0.15) is 33.1 Å². The molecule has 1 saturated heterocycles. The Morgan fingerprint density at radius 2 is 2.11 bits per heavy atom. The Bertz CT molecular complexity index is 359. The van der Waals surface area contributed by atoms with E-state index in [1.165, 1.54) is 4.90 Å². The number of hydrogen-bond donors (Lipinski definition) is 3. The highest BCUT2D eigenvalue weighted by Crippen LogP contribution is 2.17. The second kappa shape index (κ2) is 6.96. The molecule has 0 bridgehead atoms. The van der Waals surface area contributed by atoms with Crippen LogP contribution >= 0.6 is 0 Å². The summed E-state index contributed by atoms with van der Waals surface area (Å²) in [6, 6.07) is -1.95. The van der Waals surface area contributed by atoms with Gasteiger partial charge in [0.15, 0.2) is 0 Å². The van der Waals surface area contributed by atoms with E-state index in [0.717, 1.165) is 6.42 Å². The number of likely N-dealkylation sites (tertiary alicyclic amines) is 1. The van der Waals surface area contributed by atoms with Gasteiger partial charge in [-0.2, -0.15) is 0 Å². The van der Waals surface area contributed by atoms with Gasteiger partial charge in [0.1, 0.15) is 12.1 Å². The van der Waals surface area contributed by atoms with Crippen LogP contribution in [0, 0.1) is 0 Å². The fraction of sp³-hybridized carbons (Fsp3) is 0.750. The van der Waals surface area contributed by atoms with Crippen LogP contribution in [0.5, 0.6) is 0 Å². The first-order valence-electron chi connectivity index (χ1n) is 6.55. The molecular weight excluding hydrogens is 250 g/mol. The Morgan fingerprint density at radius 3 is 2.68 bits per heavy atom. The summed E-state index contributed by atoms with van der Waals surface area (Å²) in [6.07, 6.45) is 1.94. The maximum absolute atomic E-state index is 11.9. The zero-order chi connectivity index (χ0) is 14.4. The van der Waals surface area contributed by atoms with Crippen molar-refractivity contribution in [1.82, 2.24) is 15.5 Å². The van der Waals surface area contributed by atoms with E-state index < -0.39 is 24.1 Å². The van der Waals surface area contributed by atoms with E-state index in [1.54, 1.807) is 6.92 Å². The van der Waals surface area contributed by atoms with Gasteiger partial charge in [0.25, 0.3) is 0 Å². The zero-order valence-electron chi connectivity index (χ0n) is 11.3. The van der Waals surface area contributed by atoms with Crippen molar-refractivity contribution in [2.24, 2.45) is 0 Å². The number of nitrogens with one attached hydrogen (secondary N) is 2. The van der Waals surface area contributed by atoms with Crippen LogP contribution in [-0.2, 0) is 9.59 Å². The molecule has 108 valence electrons. The summed E-state index contributed by atoms with van der Waals surface area (Å²) in [4.78, 5) is 35.8. The van der Waals surface area contributed by atoms with E-state index in [9.17, 15) is 14.4 Å². The van der Waals surface area contributed by atoms with Gasteiger partial charge in [-0.05, 0) is 26.2 Å². The predicted molar refractivity (Wildman–Crippen MR) is 68.7 cm³/mol. The van der Waals surface area contributed by atoms with Gasteiger partial charge in [-0.15, -0.1) is 0 Å². The van der Waals surface area contributed by atoms with Crippen LogP contribution in [0.4, 0.5) is 4.79 Å². The van der Waals surface area contributed by atoms with E-state index in [-0.39, 0.29) is 5.91 Å². The number of aliphatic carboxylic acids is 1. The Labute approximate surface area is 112 Å². The lowest BCUT2D eigenvalue weighted by molar-refractivity contribution is -0.141. The standard InChI is InChI=1S/C12H21N3O4/c1-3-6-13-10(16)8(2)14-12(19)15-7-4-5-9(15)11(17)18/h8-9H,3-7H2,1-2H3,(H,13,16)(H,14,19)(H,17,18)/t8?,9-/m0/s1. The minimum Gasteiger partial charge on any atom is -0.480 e. The average molecular weight is 271 g/mol. The minimum absolute atomic E-state index is 0.263. The first kappa shape index (κ1) is 15.3. The Hall–Kier alpha value is -1.79. The highest BCUT2D eigenvalue weighted by atomic mass is 16.4. The second-order valence-electron chi connectivity index (χ2n) is 4.65. The molecule has 1 rings (SSSR count). The van der Waals surface area contributed by atoms with Crippen LogP contribution in [0.3, 0.4) is 0 Å². The van der Waals surface area contributed by atoms with E-state index in [1.807, 2.05) is 6.92 Å². The molecule has 1 aliphatic heterocycles. The van der Waals surface area contributed by atoms with Crippen molar-refractivity contribution in [3.63, 3.8) is 0 Å². The maximum Gasteiger partial charge on any atom is 0.326 e. The summed E-state index contributed by atoms with van der Waals surface area (Å²) in [5.74, 6) is -1.27. The van der Waals surface area contributed by atoms with E-state index in [0.29, 0.717) is 25.9 Å². The molecule has 0 aliphatic carbocycles. The molecule has 1 heterocycles. The van der Waals surface area contributed by atoms with Crippen LogP contribution < -0.4 is 10.6 Å². The van der Waals surface area contributed by atoms with Crippen molar-refractivity contribution in [2.45, 2.75) is 45.2 Å². The molecule has 0 radical (unpaired) electrons. The molecule has 3 N–H and O–H groups in total. The first-order chi connectivity index (χ1) is 8.97. The number of nitrogens with zero attached hydrogens (tertiary/aromatic N) is 1. The molecule has 1 fully saturated rings. The second-order valence-corrected chi connectivity index (χ2v) is 4.65. The van der Waals surface area contributed by atoms with Gasteiger partial charge >= 0.3 is 12.0 Å². The molecule has 1 aliphatic rings. The first-order valence-corrected chi connectivity index (χ1v) is 6.55. The van der Waals surface area contributed by atoms with Crippen LogP contribution in [0.2, 0.25) is 0 Å². The summed E-state index contributed by atoms with van der Waals surface area (Å²) in [5.41, 5.74) is 0. The number of rotatable bonds is 5. The maximum atomic E-state index is 11.9. The van der Waals surface area contributed by atoms with Crippen molar-refractivity contribution in [3.05, 3.63) is 0 Å². The van der Waals surface area contributed by atoms with Gasteiger partial charge < -0.3 is 20.6 Å². The molecule has 0 spiro atoms. The van der Waals surface area contributed by atoms with E-state index in [2.05, 4.69) is 10.6 Å². The van der Waals surface area contributed by atoms with Crippen LogP contribution in [-0.4, -0.2) is 53.1 Å². The van der Waals surface area contributed by atoms with Crippen molar-refractivity contribution in [3.8, 4) is 0 Å². The molecule has 7 nitrogen and oxygen atoms in total. The zero-order valence-corrected chi connectivity index (χ0v) is 11.3. The number of carbonyl (C=O) groups excluding carboxylic acids is 2. The molecule has 19 heavy (non-hydrogen) atoms. The number of urea groups is 1. The van der Waals surface area contributed by atoms with Crippen molar-refractivity contribution < 1.29 is 19.5 Å². The third-order valence-corrected chi connectivity index (χ3v) is 3.08. The fourth-order valence-corrected chi connectivity index (χ4v) is 2.00. The molecular formula is C12H21N3O4. The Balaban J connectivity index is 2.50. The monoisotopic (exact) mass is 271 g/mol. The lowest BCUT2D eigenvalue weighted by Crippen LogP contribution is -2.52. The number of carbonyl (C=O) groups is 3. The molecule has 0 aromatic carbocycles. The fourth-order valence-electron chi connectivity index (χ4n) is 2.00. The molecule has 1 unspecified atom stereocenters. The van der Waals surface area contributed by atoms with Gasteiger partial charge in [0.05, 0.1) is 0 Å². The lowest BCUT2D eigenvalue weighted by atomic mass is 10.2. The Kier molecular flexibility index (Phi) is 5.59. The summed E-state index contributed by atoms with van der Waals surface area (Å²) >= 11 is 0. The normalized spacial score (nSPS) is 19.9. The smallest absolute Gasteiger partial charge is 0.326 e. The number of carboxylic acids is 1. The van der Waals surface area contributed by atoms with E-state index >= 15 is 0 Å². The largest absolute Gasteiger partial charge is 0.480 e. The molecule has 3 amide bonds. The highest BCUT2D eigenvalue weighted by Gasteiger charge is 2.34. The van der Waals surface area contributed by atoms with Gasteiger partial charge in [-0.1, -0.05) is 6.92 Å².